The van der Waals surface area contributed by atoms with Crippen LogP contribution in [0.1, 0.15) is 17.5 Å². The summed E-state index contributed by atoms with van der Waals surface area (Å²) in [6, 6.07) is 10.6. The van der Waals surface area contributed by atoms with E-state index in [9.17, 15) is 14.9 Å². The fourth-order valence-corrected chi connectivity index (χ4v) is 3.23. The Bertz CT molecular complexity index is 875. The van der Waals surface area contributed by atoms with Crippen LogP contribution in [0.15, 0.2) is 36.4 Å². The molecule has 0 amide bonds. The molecule has 9 heteroatoms. The van der Waals surface area contributed by atoms with Crippen LogP contribution in [0.5, 0.6) is 5.75 Å². The van der Waals surface area contributed by atoms with Gasteiger partial charge >= 0.3 is 11.7 Å². The van der Waals surface area contributed by atoms with Crippen LogP contribution in [0.3, 0.4) is 0 Å². The van der Waals surface area contributed by atoms with Crippen LogP contribution < -0.4 is 15.4 Å². The second-order valence-corrected chi connectivity index (χ2v) is 6.29. The van der Waals surface area contributed by atoms with Gasteiger partial charge in [0.2, 0.25) is 0 Å². The van der Waals surface area contributed by atoms with Crippen LogP contribution >= 0.6 is 12.4 Å². The number of nitro benzene ring substituents is 1. The Morgan fingerprint density at radius 2 is 2.11 bits per heavy atom. The molecule has 0 fully saturated rings. The van der Waals surface area contributed by atoms with E-state index in [2.05, 4.69) is 9.64 Å². The highest BCUT2D eigenvalue weighted by molar-refractivity contribution is 5.85. The highest BCUT2D eigenvalue weighted by Gasteiger charge is 2.21. The SMILES string of the molecule is COC(=O)COc1ccc(CN2CCCc3c(N)cccc32)cc1[N+](=O)[O-].Cl. The molecule has 150 valence electrons. The van der Waals surface area contributed by atoms with Crippen molar-refractivity contribution < 1.29 is 19.2 Å². The Kier molecular flexibility index (Phi) is 7.06. The lowest BCUT2D eigenvalue weighted by molar-refractivity contribution is -0.385. The number of hydrogen-bond donors (Lipinski definition) is 1. The highest BCUT2D eigenvalue weighted by Crippen LogP contribution is 2.34. The predicted molar refractivity (Wildman–Crippen MR) is 108 cm³/mol. The highest BCUT2D eigenvalue weighted by atomic mass is 35.5. The van der Waals surface area contributed by atoms with Gasteiger partial charge in [0.25, 0.3) is 0 Å². The minimum absolute atomic E-state index is 0. The summed E-state index contributed by atoms with van der Waals surface area (Å²) < 4.78 is 9.71. The van der Waals surface area contributed by atoms with E-state index in [0.717, 1.165) is 41.9 Å². The van der Waals surface area contributed by atoms with Crippen LogP contribution in [-0.4, -0.2) is 31.2 Å². The van der Waals surface area contributed by atoms with Crippen molar-refractivity contribution in [3.63, 3.8) is 0 Å². The van der Waals surface area contributed by atoms with E-state index in [-0.39, 0.29) is 30.5 Å². The molecule has 3 rings (SSSR count). The van der Waals surface area contributed by atoms with Crippen molar-refractivity contribution in [2.24, 2.45) is 0 Å². The Morgan fingerprint density at radius 1 is 1.32 bits per heavy atom. The number of halogens is 1. The molecule has 0 aliphatic carbocycles. The third-order valence-electron chi connectivity index (χ3n) is 4.55. The molecule has 2 aromatic rings. The summed E-state index contributed by atoms with van der Waals surface area (Å²) in [5, 5.41) is 11.4. The zero-order chi connectivity index (χ0) is 19.4. The number of anilines is 2. The van der Waals surface area contributed by atoms with Gasteiger partial charge in [-0.2, -0.15) is 0 Å². The first-order chi connectivity index (χ1) is 13.0. The Balaban J connectivity index is 0.00000280. The van der Waals surface area contributed by atoms with E-state index in [0.29, 0.717) is 6.54 Å². The molecule has 2 aromatic carbocycles. The number of rotatable bonds is 6. The maximum Gasteiger partial charge on any atom is 0.343 e. The van der Waals surface area contributed by atoms with E-state index in [1.165, 1.54) is 19.2 Å². The van der Waals surface area contributed by atoms with Gasteiger partial charge in [-0.15, -0.1) is 12.4 Å². The predicted octanol–water partition coefficient (Wildman–Crippen LogP) is 3.10. The number of methoxy groups -OCH3 is 1. The van der Waals surface area contributed by atoms with E-state index in [1.54, 1.807) is 6.07 Å². The quantitative estimate of drug-likeness (QED) is 0.339. The zero-order valence-electron chi connectivity index (χ0n) is 15.4. The van der Waals surface area contributed by atoms with Crippen molar-refractivity contribution in [1.29, 1.82) is 0 Å². The summed E-state index contributed by atoms with van der Waals surface area (Å²) in [5.74, 6) is -0.562. The number of fused-ring (bicyclic) bond motifs is 1. The summed E-state index contributed by atoms with van der Waals surface area (Å²) in [4.78, 5) is 24.3. The number of carbonyl (C=O) groups excluding carboxylic acids is 1. The molecular weight excluding hydrogens is 386 g/mol. The molecule has 0 spiro atoms. The molecule has 1 aliphatic heterocycles. The summed E-state index contributed by atoms with van der Waals surface area (Å²) in [6.07, 6.45) is 1.91. The molecule has 0 saturated heterocycles. The maximum atomic E-state index is 11.4. The fourth-order valence-electron chi connectivity index (χ4n) is 3.23. The van der Waals surface area contributed by atoms with Gasteiger partial charge in [-0.1, -0.05) is 12.1 Å². The van der Waals surface area contributed by atoms with Gasteiger partial charge in [0, 0.05) is 30.5 Å². The number of nitrogen functional groups attached to an aromatic ring is 1. The largest absolute Gasteiger partial charge is 0.475 e. The molecule has 1 heterocycles. The second-order valence-electron chi connectivity index (χ2n) is 6.29. The lowest BCUT2D eigenvalue weighted by atomic mass is 9.99. The van der Waals surface area contributed by atoms with Gasteiger partial charge in [0.05, 0.1) is 12.0 Å². The van der Waals surface area contributed by atoms with Crippen LogP contribution in [-0.2, 0) is 22.5 Å². The summed E-state index contributed by atoms with van der Waals surface area (Å²) in [7, 11) is 1.23. The number of nitro groups is 1. The monoisotopic (exact) mass is 407 g/mol. The Morgan fingerprint density at radius 3 is 2.82 bits per heavy atom. The Labute approximate surface area is 168 Å². The van der Waals surface area contributed by atoms with Crippen molar-refractivity contribution in [2.75, 3.05) is 30.9 Å². The van der Waals surface area contributed by atoms with Crippen molar-refractivity contribution >= 4 is 35.4 Å². The number of ether oxygens (including phenoxy) is 2. The third-order valence-corrected chi connectivity index (χ3v) is 4.55. The first-order valence-corrected chi connectivity index (χ1v) is 8.59. The van der Waals surface area contributed by atoms with Gasteiger partial charge in [-0.25, -0.2) is 4.79 Å². The third kappa shape index (κ3) is 4.64. The van der Waals surface area contributed by atoms with E-state index in [1.807, 2.05) is 18.2 Å². The lowest BCUT2D eigenvalue weighted by Gasteiger charge is -2.32. The van der Waals surface area contributed by atoms with Crippen molar-refractivity contribution in [2.45, 2.75) is 19.4 Å². The maximum absolute atomic E-state index is 11.4. The average Bonchev–Trinajstić information content (AvgIpc) is 2.67. The van der Waals surface area contributed by atoms with E-state index >= 15 is 0 Å². The van der Waals surface area contributed by atoms with Crippen molar-refractivity contribution in [1.82, 2.24) is 0 Å². The first kappa shape index (κ1) is 21.3. The Hall–Kier alpha value is -3.00. The van der Waals surface area contributed by atoms with Crippen LogP contribution in [0, 0.1) is 10.1 Å². The first-order valence-electron chi connectivity index (χ1n) is 8.59. The number of nitrogens with zero attached hydrogens (tertiary/aromatic N) is 2. The molecule has 28 heavy (non-hydrogen) atoms. The molecule has 2 N–H and O–H groups in total. The topological polar surface area (TPSA) is 108 Å². The van der Waals surface area contributed by atoms with Gasteiger partial charge in [-0.05, 0) is 42.2 Å². The van der Waals surface area contributed by atoms with E-state index < -0.39 is 10.9 Å². The molecule has 1 aliphatic rings. The van der Waals surface area contributed by atoms with Crippen molar-refractivity contribution in [3.8, 4) is 5.75 Å². The summed E-state index contributed by atoms with van der Waals surface area (Å²) in [5.41, 5.74) is 9.64. The zero-order valence-corrected chi connectivity index (χ0v) is 16.2. The van der Waals surface area contributed by atoms with E-state index in [4.69, 9.17) is 10.5 Å². The number of carbonyl (C=O) groups is 1. The lowest BCUT2D eigenvalue weighted by Crippen LogP contribution is -2.29. The average molecular weight is 408 g/mol. The van der Waals surface area contributed by atoms with Gasteiger partial charge in [0.1, 0.15) is 0 Å². The molecule has 0 radical (unpaired) electrons. The minimum atomic E-state index is -0.601. The van der Waals surface area contributed by atoms with Gasteiger partial charge in [-0.3, -0.25) is 10.1 Å². The fraction of sp³-hybridized carbons (Fsp3) is 0.316. The smallest absolute Gasteiger partial charge is 0.343 e. The molecule has 0 saturated carbocycles. The summed E-state index contributed by atoms with van der Waals surface area (Å²) >= 11 is 0. The summed E-state index contributed by atoms with van der Waals surface area (Å²) in [6.45, 7) is 0.995. The second kappa shape index (κ2) is 9.27. The standard InChI is InChI=1S/C19H21N3O5.ClH/c1-26-19(23)12-27-18-8-7-13(10-17(18)22(24)25)11-21-9-3-4-14-15(20)5-2-6-16(14)21;/h2,5-8,10H,3-4,9,11-12,20H2,1H3;1H. The van der Waals surface area contributed by atoms with Crippen LogP contribution in [0.2, 0.25) is 0 Å². The van der Waals surface area contributed by atoms with Crippen molar-refractivity contribution in [3.05, 3.63) is 57.6 Å². The molecule has 0 aromatic heterocycles. The molecule has 0 bridgehead atoms. The van der Waals surface area contributed by atoms with Crippen LogP contribution in [0.4, 0.5) is 17.1 Å². The molecule has 8 nitrogen and oxygen atoms in total. The normalized spacial score (nSPS) is 12.5. The number of esters is 1. The van der Waals surface area contributed by atoms with Crippen LogP contribution in [0.25, 0.3) is 0 Å². The van der Waals surface area contributed by atoms with Gasteiger partial charge in [0.15, 0.2) is 12.4 Å². The number of benzene rings is 2. The minimum Gasteiger partial charge on any atom is -0.475 e. The molecule has 0 atom stereocenters. The molecular formula is C19H22ClN3O5. The number of nitrogens with two attached hydrogens (primary N) is 1. The molecule has 0 unspecified atom stereocenters. The van der Waals surface area contributed by atoms with Gasteiger partial charge < -0.3 is 20.1 Å². The number of hydrogen-bond acceptors (Lipinski definition) is 7.